The van der Waals surface area contributed by atoms with Crippen LogP contribution in [0.4, 0.5) is 0 Å². The van der Waals surface area contributed by atoms with Crippen LogP contribution in [0.1, 0.15) is 0 Å². The maximum absolute atomic E-state index is 7.04. The molecule has 0 spiro atoms. The minimum Gasteiger partial charge on any atom is -0.455 e. The van der Waals surface area contributed by atoms with Crippen LogP contribution in [-0.2, 0) is 0 Å². The van der Waals surface area contributed by atoms with Crippen molar-refractivity contribution in [2.45, 2.75) is 0 Å². The fourth-order valence-electron chi connectivity index (χ4n) is 11.4. The Morgan fingerprint density at radius 1 is 0.371 bits per heavy atom. The van der Waals surface area contributed by atoms with E-state index in [4.69, 9.17) is 19.4 Å². The summed E-state index contributed by atoms with van der Waals surface area (Å²) in [6, 6.07) is 76.1. The molecule has 16 rings (SSSR count). The Labute approximate surface area is 402 Å². The molecule has 0 atom stereocenters. The van der Waals surface area contributed by atoms with E-state index in [0.717, 1.165) is 76.0 Å². The number of aromatic nitrogens is 5. The van der Waals surface area contributed by atoms with Crippen molar-refractivity contribution in [3.63, 3.8) is 0 Å². The molecular formula is C63H35N5OS. The first-order valence-corrected chi connectivity index (χ1v) is 24.4. The minimum atomic E-state index is 0.538. The van der Waals surface area contributed by atoms with Gasteiger partial charge < -0.3 is 8.98 Å². The normalized spacial score (nSPS) is 12.3. The molecule has 0 amide bonds. The highest BCUT2D eigenvalue weighted by Crippen LogP contribution is 2.45. The lowest BCUT2D eigenvalue weighted by atomic mass is 9.99. The highest BCUT2D eigenvalue weighted by Gasteiger charge is 2.24. The van der Waals surface area contributed by atoms with Crippen molar-refractivity contribution in [3.05, 3.63) is 212 Å². The first-order valence-electron chi connectivity index (χ1n) is 23.6. The van der Waals surface area contributed by atoms with E-state index in [1.54, 1.807) is 11.3 Å². The smallest absolute Gasteiger partial charge is 0.238 e. The lowest BCUT2D eigenvalue weighted by Crippen LogP contribution is -2.06. The third-order valence-corrected chi connectivity index (χ3v) is 15.7. The van der Waals surface area contributed by atoms with Gasteiger partial charge in [0.05, 0.1) is 27.6 Å². The van der Waals surface area contributed by atoms with Gasteiger partial charge >= 0.3 is 0 Å². The van der Waals surface area contributed by atoms with Gasteiger partial charge in [0.25, 0.3) is 0 Å². The van der Waals surface area contributed by atoms with E-state index in [1.807, 2.05) is 6.07 Å². The van der Waals surface area contributed by atoms with Gasteiger partial charge in [-0.05, 0) is 87.6 Å². The molecule has 324 valence electrons. The third kappa shape index (κ3) is 5.29. The first kappa shape index (κ1) is 37.9. The van der Waals surface area contributed by atoms with Crippen molar-refractivity contribution >= 4 is 129 Å². The molecular weight excluding hydrogens is 875 g/mol. The molecule has 11 aromatic carbocycles. The van der Waals surface area contributed by atoms with E-state index in [9.17, 15) is 0 Å². The maximum Gasteiger partial charge on any atom is 0.238 e. The summed E-state index contributed by atoms with van der Waals surface area (Å²) < 4.78 is 14.1. The van der Waals surface area contributed by atoms with Gasteiger partial charge in [0.1, 0.15) is 11.2 Å². The molecule has 0 fully saturated rings. The monoisotopic (exact) mass is 909 g/mol. The van der Waals surface area contributed by atoms with Gasteiger partial charge in [-0.15, -0.1) is 11.3 Å². The highest BCUT2D eigenvalue weighted by atomic mass is 32.1. The average molecular weight is 910 g/mol. The number of thiophene rings is 1. The number of nitrogens with zero attached hydrogens (tertiary/aromatic N) is 5. The van der Waals surface area contributed by atoms with Gasteiger partial charge in [0.2, 0.25) is 5.95 Å². The quantitative estimate of drug-likeness (QED) is 0.176. The molecule has 0 N–H and O–H groups in total. The summed E-state index contributed by atoms with van der Waals surface area (Å²) in [7, 11) is 0. The standard InChI is InChI=1S/C63H35N5OS/c1-2-16-38-34-54-50(32-37(38)15-1)45-31-29-36-14-3-4-17-41(36)58(45)67(54)40-30-28-39-33-51(59-57(49(39)35-40)47-21-7-11-26-55(47)69-59)62-64-61(48-23-13-22-46-44-20-8-12-27-56(44)70-60(46)48)65-63(66-62)68-52-24-9-5-18-42(52)43-19-6-10-25-53(43)68/h1-35H. The second-order valence-electron chi connectivity index (χ2n) is 18.3. The molecule has 0 aliphatic carbocycles. The third-order valence-electron chi connectivity index (χ3n) is 14.5. The van der Waals surface area contributed by atoms with Crippen LogP contribution in [0.25, 0.3) is 152 Å². The van der Waals surface area contributed by atoms with E-state index < -0.39 is 0 Å². The minimum absolute atomic E-state index is 0.538. The van der Waals surface area contributed by atoms with Crippen LogP contribution in [0.2, 0.25) is 0 Å². The summed E-state index contributed by atoms with van der Waals surface area (Å²) in [5.41, 5.74) is 8.78. The maximum atomic E-state index is 7.04. The van der Waals surface area contributed by atoms with Crippen LogP contribution in [0.15, 0.2) is 217 Å². The molecule has 7 heteroatoms. The summed E-state index contributed by atoms with van der Waals surface area (Å²) in [6.07, 6.45) is 0. The van der Waals surface area contributed by atoms with E-state index >= 15 is 0 Å². The Balaban J connectivity index is 0.998. The zero-order chi connectivity index (χ0) is 45.6. The van der Waals surface area contributed by atoms with Crippen LogP contribution >= 0.6 is 11.3 Å². The van der Waals surface area contributed by atoms with Crippen LogP contribution < -0.4 is 0 Å². The van der Waals surface area contributed by atoms with Crippen LogP contribution in [-0.4, -0.2) is 24.1 Å². The predicted octanol–water partition coefficient (Wildman–Crippen LogP) is 17.1. The number of benzene rings is 11. The number of hydrogen-bond donors (Lipinski definition) is 0. The largest absolute Gasteiger partial charge is 0.455 e. The van der Waals surface area contributed by atoms with Crippen LogP contribution in [0.3, 0.4) is 0 Å². The van der Waals surface area contributed by atoms with Crippen molar-refractivity contribution in [1.29, 1.82) is 0 Å². The summed E-state index contributed by atoms with van der Waals surface area (Å²) in [4.78, 5) is 16.4. The van der Waals surface area contributed by atoms with Crippen LogP contribution in [0, 0.1) is 0 Å². The molecule has 0 saturated carbocycles. The van der Waals surface area contributed by atoms with Gasteiger partial charge in [0.15, 0.2) is 11.6 Å². The molecule has 5 aromatic heterocycles. The Bertz CT molecular complexity index is 4860. The molecule has 70 heavy (non-hydrogen) atoms. The summed E-state index contributed by atoms with van der Waals surface area (Å²) in [6.45, 7) is 0. The van der Waals surface area contributed by atoms with Gasteiger partial charge in [-0.25, -0.2) is 4.98 Å². The lowest BCUT2D eigenvalue weighted by Gasteiger charge is -2.14. The summed E-state index contributed by atoms with van der Waals surface area (Å²) in [5.74, 6) is 1.68. The Morgan fingerprint density at radius 3 is 1.83 bits per heavy atom. The second kappa shape index (κ2) is 14.2. The molecule has 0 unspecified atom stereocenters. The summed E-state index contributed by atoms with van der Waals surface area (Å²) in [5, 5.41) is 16.2. The zero-order valence-corrected chi connectivity index (χ0v) is 38.1. The van der Waals surface area contributed by atoms with Crippen molar-refractivity contribution < 1.29 is 4.42 Å². The van der Waals surface area contributed by atoms with E-state index in [0.29, 0.717) is 17.6 Å². The SMILES string of the molecule is c1ccc2cc3c(cc2c1)c1ccc2ccccc2c1n3-c1ccc2cc(-c3nc(-c4cccc5c4sc4ccccc45)nc(-n4c5ccccc5c5ccccc54)n3)c3oc4ccccc4c3c2c1. The predicted molar refractivity (Wildman–Crippen MR) is 292 cm³/mol. The topological polar surface area (TPSA) is 61.7 Å². The van der Waals surface area contributed by atoms with E-state index in [2.05, 4.69) is 215 Å². The van der Waals surface area contributed by atoms with E-state index in [1.165, 1.54) is 58.8 Å². The van der Waals surface area contributed by atoms with Crippen LogP contribution in [0.5, 0.6) is 0 Å². The van der Waals surface area contributed by atoms with Gasteiger partial charge in [-0.1, -0.05) is 152 Å². The number of rotatable bonds is 4. The Kier molecular flexibility index (Phi) is 7.67. The molecule has 0 bridgehead atoms. The Morgan fingerprint density at radius 2 is 1.01 bits per heavy atom. The molecule has 5 heterocycles. The van der Waals surface area contributed by atoms with E-state index in [-0.39, 0.29) is 0 Å². The molecule has 0 aliphatic rings. The highest BCUT2D eigenvalue weighted by molar-refractivity contribution is 7.26. The van der Waals surface area contributed by atoms with Gasteiger partial charge in [-0.3, -0.25) is 4.57 Å². The van der Waals surface area contributed by atoms with Crippen molar-refractivity contribution in [2.24, 2.45) is 0 Å². The fraction of sp³-hybridized carbons (Fsp3) is 0. The van der Waals surface area contributed by atoms with Crippen molar-refractivity contribution in [3.8, 4) is 34.4 Å². The fourth-order valence-corrected chi connectivity index (χ4v) is 12.6. The zero-order valence-electron chi connectivity index (χ0n) is 37.3. The summed E-state index contributed by atoms with van der Waals surface area (Å²) >= 11 is 1.78. The number of furan rings is 1. The number of para-hydroxylation sites is 3. The molecule has 0 radical (unpaired) electrons. The lowest BCUT2D eigenvalue weighted by molar-refractivity contribution is 0.669. The molecule has 16 aromatic rings. The molecule has 0 aliphatic heterocycles. The number of hydrogen-bond acceptors (Lipinski definition) is 5. The van der Waals surface area contributed by atoms with Gasteiger partial charge in [-0.2, -0.15) is 9.97 Å². The molecule has 0 saturated heterocycles. The Hall–Kier alpha value is -9.17. The van der Waals surface area contributed by atoms with Gasteiger partial charge in [0, 0.05) is 69.1 Å². The van der Waals surface area contributed by atoms with Crippen molar-refractivity contribution in [1.82, 2.24) is 24.1 Å². The second-order valence-corrected chi connectivity index (χ2v) is 19.4. The average Bonchev–Trinajstić information content (AvgIpc) is 4.18. The number of fused-ring (bicyclic) bond motifs is 17. The van der Waals surface area contributed by atoms with Crippen molar-refractivity contribution in [2.75, 3.05) is 0 Å². The first-order chi connectivity index (χ1) is 34.7. The molecule has 6 nitrogen and oxygen atoms in total.